The zero-order chi connectivity index (χ0) is 18.1. The van der Waals surface area contributed by atoms with Gasteiger partial charge in [-0.15, -0.1) is 0 Å². The van der Waals surface area contributed by atoms with Gasteiger partial charge >= 0.3 is 0 Å². The van der Waals surface area contributed by atoms with E-state index in [4.69, 9.17) is 4.74 Å². The first-order chi connectivity index (χ1) is 12.1. The molecule has 3 N–H and O–H groups in total. The van der Waals surface area contributed by atoms with Crippen LogP contribution < -0.4 is 20.7 Å². The van der Waals surface area contributed by atoms with Gasteiger partial charge in [-0.25, -0.2) is 9.97 Å². The molecule has 0 aliphatic rings. The van der Waals surface area contributed by atoms with Gasteiger partial charge in [0, 0.05) is 25.7 Å². The Morgan fingerprint density at radius 3 is 2.40 bits per heavy atom. The van der Waals surface area contributed by atoms with Gasteiger partial charge in [0.05, 0.1) is 13.5 Å². The second kappa shape index (κ2) is 9.46. The highest BCUT2D eigenvalue weighted by Gasteiger charge is 2.04. The molecule has 25 heavy (non-hydrogen) atoms. The SMILES string of the molecule is CCNc1cc(NCCNC(=O)Cc2ccc(OC)cc2)nc(C)n1. The van der Waals surface area contributed by atoms with Crippen molar-refractivity contribution < 1.29 is 9.53 Å². The molecule has 1 aromatic heterocycles. The zero-order valence-electron chi connectivity index (χ0n) is 14.9. The number of nitrogens with zero attached hydrogens (tertiary/aromatic N) is 2. The molecule has 0 aliphatic heterocycles. The number of anilines is 2. The molecule has 7 nitrogen and oxygen atoms in total. The Labute approximate surface area is 148 Å². The minimum Gasteiger partial charge on any atom is -0.497 e. The van der Waals surface area contributed by atoms with Crippen LogP contribution in [-0.4, -0.2) is 42.6 Å². The lowest BCUT2D eigenvalue weighted by Gasteiger charge is -2.10. The summed E-state index contributed by atoms with van der Waals surface area (Å²) in [5, 5.41) is 9.25. The molecule has 0 unspecified atom stereocenters. The number of carbonyl (C=O) groups excluding carboxylic acids is 1. The number of rotatable bonds is 9. The van der Waals surface area contributed by atoms with Crippen molar-refractivity contribution in [2.24, 2.45) is 0 Å². The fourth-order valence-electron chi connectivity index (χ4n) is 2.31. The third-order valence-corrected chi connectivity index (χ3v) is 3.47. The van der Waals surface area contributed by atoms with Gasteiger partial charge in [-0.1, -0.05) is 12.1 Å². The number of benzene rings is 1. The van der Waals surface area contributed by atoms with E-state index in [0.717, 1.165) is 29.5 Å². The molecular formula is C18H25N5O2. The summed E-state index contributed by atoms with van der Waals surface area (Å²) in [4.78, 5) is 20.6. The second-order valence-electron chi connectivity index (χ2n) is 5.52. The number of hydrogen-bond acceptors (Lipinski definition) is 6. The lowest BCUT2D eigenvalue weighted by Crippen LogP contribution is -2.30. The highest BCUT2D eigenvalue weighted by molar-refractivity contribution is 5.78. The van der Waals surface area contributed by atoms with Crippen molar-refractivity contribution in [2.45, 2.75) is 20.3 Å². The number of methoxy groups -OCH3 is 1. The molecule has 2 rings (SSSR count). The third kappa shape index (κ3) is 6.29. The van der Waals surface area contributed by atoms with Crippen LogP contribution in [0.5, 0.6) is 5.75 Å². The Bertz CT molecular complexity index is 688. The molecule has 0 saturated heterocycles. The smallest absolute Gasteiger partial charge is 0.224 e. The summed E-state index contributed by atoms with van der Waals surface area (Å²) in [5.41, 5.74) is 0.952. The largest absolute Gasteiger partial charge is 0.497 e. The van der Waals surface area contributed by atoms with Crippen molar-refractivity contribution in [2.75, 3.05) is 37.4 Å². The molecule has 1 amide bonds. The van der Waals surface area contributed by atoms with Crippen LogP contribution in [0.3, 0.4) is 0 Å². The molecule has 0 spiro atoms. The van der Waals surface area contributed by atoms with Crippen molar-refractivity contribution in [1.82, 2.24) is 15.3 Å². The van der Waals surface area contributed by atoms with Crippen LogP contribution in [0, 0.1) is 6.92 Å². The Morgan fingerprint density at radius 1 is 1.08 bits per heavy atom. The van der Waals surface area contributed by atoms with Crippen molar-refractivity contribution in [3.63, 3.8) is 0 Å². The Hall–Kier alpha value is -2.83. The number of aryl methyl sites for hydroxylation is 1. The van der Waals surface area contributed by atoms with Gasteiger partial charge in [-0.2, -0.15) is 0 Å². The van der Waals surface area contributed by atoms with E-state index in [1.54, 1.807) is 7.11 Å². The number of nitrogens with one attached hydrogen (secondary N) is 3. The maximum absolute atomic E-state index is 12.0. The molecule has 0 atom stereocenters. The molecule has 2 aromatic rings. The zero-order valence-corrected chi connectivity index (χ0v) is 14.9. The summed E-state index contributed by atoms with van der Waals surface area (Å²) in [6.07, 6.45) is 0.348. The van der Waals surface area contributed by atoms with E-state index >= 15 is 0 Å². The van der Waals surface area contributed by atoms with Gasteiger partial charge in [0.15, 0.2) is 0 Å². The van der Waals surface area contributed by atoms with E-state index < -0.39 is 0 Å². The molecular weight excluding hydrogens is 318 g/mol. The highest BCUT2D eigenvalue weighted by atomic mass is 16.5. The molecule has 134 valence electrons. The summed E-state index contributed by atoms with van der Waals surface area (Å²) in [6, 6.07) is 9.34. The van der Waals surface area contributed by atoms with E-state index in [1.165, 1.54) is 0 Å². The molecule has 0 saturated carbocycles. The van der Waals surface area contributed by atoms with E-state index in [-0.39, 0.29) is 5.91 Å². The minimum atomic E-state index is -0.0147. The first-order valence-electron chi connectivity index (χ1n) is 8.33. The standard InChI is InChI=1S/C18H25N5O2/c1-4-19-16-12-17(23-13(2)22-16)20-9-10-21-18(24)11-14-5-7-15(25-3)8-6-14/h5-8,12H,4,9-11H2,1-3H3,(H,21,24)(H2,19,20,22,23). The van der Waals surface area contributed by atoms with E-state index in [1.807, 2.05) is 44.2 Å². The Morgan fingerprint density at radius 2 is 1.76 bits per heavy atom. The highest BCUT2D eigenvalue weighted by Crippen LogP contribution is 2.12. The monoisotopic (exact) mass is 343 g/mol. The van der Waals surface area contributed by atoms with Crippen LogP contribution in [-0.2, 0) is 11.2 Å². The van der Waals surface area contributed by atoms with E-state index in [0.29, 0.717) is 25.3 Å². The van der Waals surface area contributed by atoms with Crippen LogP contribution in [0.25, 0.3) is 0 Å². The predicted molar refractivity (Wildman–Crippen MR) is 99.1 cm³/mol. The maximum Gasteiger partial charge on any atom is 0.224 e. The van der Waals surface area contributed by atoms with Gasteiger partial charge in [0.1, 0.15) is 23.2 Å². The lowest BCUT2D eigenvalue weighted by atomic mass is 10.1. The summed E-state index contributed by atoms with van der Waals surface area (Å²) in [7, 11) is 1.62. The third-order valence-electron chi connectivity index (χ3n) is 3.47. The fourth-order valence-corrected chi connectivity index (χ4v) is 2.31. The molecule has 0 aliphatic carbocycles. The summed E-state index contributed by atoms with van der Waals surface area (Å²) < 4.78 is 5.10. The van der Waals surface area contributed by atoms with Crippen LogP contribution in [0.2, 0.25) is 0 Å². The van der Waals surface area contributed by atoms with E-state index in [2.05, 4.69) is 25.9 Å². The Kier molecular flexibility index (Phi) is 7.00. The maximum atomic E-state index is 12.0. The molecule has 0 radical (unpaired) electrons. The summed E-state index contributed by atoms with van der Waals surface area (Å²) in [5.74, 6) is 3.00. The molecule has 7 heteroatoms. The van der Waals surface area contributed by atoms with Gasteiger partial charge in [0.25, 0.3) is 0 Å². The average molecular weight is 343 g/mol. The molecule has 0 bridgehead atoms. The van der Waals surface area contributed by atoms with Crippen LogP contribution in [0.1, 0.15) is 18.3 Å². The van der Waals surface area contributed by atoms with Gasteiger partial charge in [0.2, 0.25) is 5.91 Å². The van der Waals surface area contributed by atoms with Crippen molar-refractivity contribution in [3.8, 4) is 5.75 Å². The number of ether oxygens (including phenoxy) is 1. The Balaban J connectivity index is 1.74. The van der Waals surface area contributed by atoms with Crippen molar-refractivity contribution in [3.05, 3.63) is 41.7 Å². The van der Waals surface area contributed by atoms with Crippen molar-refractivity contribution >= 4 is 17.5 Å². The quantitative estimate of drug-likeness (QED) is 0.604. The topological polar surface area (TPSA) is 88.2 Å². The van der Waals surface area contributed by atoms with Gasteiger partial charge in [-0.05, 0) is 31.5 Å². The summed E-state index contributed by atoms with van der Waals surface area (Å²) >= 11 is 0. The molecule has 1 aromatic carbocycles. The van der Waals surface area contributed by atoms with Crippen LogP contribution in [0.15, 0.2) is 30.3 Å². The average Bonchev–Trinajstić information content (AvgIpc) is 2.59. The van der Waals surface area contributed by atoms with Crippen molar-refractivity contribution in [1.29, 1.82) is 0 Å². The first-order valence-corrected chi connectivity index (χ1v) is 8.33. The molecule has 0 fully saturated rings. The number of hydrogen-bond donors (Lipinski definition) is 3. The summed E-state index contributed by atoms with van der Waals surface area (Å²) in [6.45, 7) is 5.79. The minimum absolute atomic E-state index is 0.0147. The lowest BCUT2D eigenvalue weighted by molar-refractivity contribution is -0.120. The van der Waals surface area contributed by atoms with E-state index in [9.17, 15) is 4.79 Å². The van der Waals surface area contributed by atoms with Gasteiger partial charge in [-0.3, -0.25) is 4.79 Å². The predicted octanol–water partition coefficient (Wildman–Crippen LogP) is 2.00. The number of aromatic nitrogens is 2. The number of carbonyl (C=O) groups is 1. The second-order valence-corrected chi connectivity index (χ2v) is 5.52. The van der Waals surface area contributed by atoms with Crippen LogP contribution in [0.4, 0.5) is 11.6 Å². The normalized spacial score (nSPS) is 10.2. The molecule has 1 heterocycles. The van der Waals surface area contributed by atoms with Gasteiger partial charge < -0.3 is 20.7 Å². The fraction of sp³-hybridized carbons (Fsp3) is 0.389. The first kappa shape index (κ1) is 18.5. The number of amides is 1. The van der Waals surface area contributed by atoms with Crippen LogP contribution >= 0.6 is 0 Å².